The van der Waals surface area contributed by atoms with E-state index >= 15 is 0 Å². The molecule has 0 radical (unpaired) electrons. The molecule has 2 heteroatoms. The van der Waals surface area contributed by atoms with Gasteiger partial charge in [0.1, 0.15) is 0 Å². The zero-order valence-electron chi connectivity index (χ0n) is 11.6. The smallest absolute Gasteiger partial charge is 0.0220 e. The van der Waals surface area contributed by atoms with Gasteiger partial charge in [0.25, 0.3) is 0 Å². The molecule has 0 saturated heterocycles. The average Bonchev–Trinajstić information content (AvgIpc) is 3.05. The lowest BCUT2D eigenvalue weighted by Crippen LogP contribution is -2.44. The number of hydrogen-bond acceptors (Lipinski definition) is 2. The largest absolute Gasteiger partial charge is 0.315 e. The summed E-state index contributed by atoms with van der Waals surface area (Å²) in [5.41, 5.74) is 0. The van der Waals surface area contributed by atoms with Crippen molar-refractivity contribution in [3.8, 4) is 0 Å². The summed E-state index contributed by atoms with van der Waals surface area (Å²) < 4.78 is 0. The zero-order chi connectivity index (χ0) is 12.0. The molecule has 0 aromatic heterocycles. The van der Waals surface area contributed by atoms with Gasteiger partial charge in [-0.1, -0.05) is 27.7 Å². The number of rotatable bonds is 9. The van der Waals surface area contributed by atoms with E-state index < -0.39 is 0 Å². The third-order valence-corrected chi connectivity index (χ3v) is 3.37. The highest BCUT2D eigenvalue weighted by molar-refractivity contribution is 4.88. The molecule has 2 nitrogen and oxygen atoms in total. The number of nitrogens with zero attached hydrogens (tertiary/aromatic N) is 1. The summed E-state index contributed by atoms with van der Waals surface area (Å²) in [7, 11) is 0. The van der Waals surface area contributed by atoms with Crippen LogP contribution in [0.2, 0.25) is 0 Å². The highest BCUT2D eigenvalue weighted by Crippen LogP contribution is 2.29. The summed E-state index contributed by atoms with van der Waals surface area (Å²) in [5, 5.41) is 3.62. The Kier molecular flexibility index (Phi) is 6.37. The fourth-order valence-electron chi connectivity index (χ4n) is 2.36. The van der Waals surface area contributed by atoms with Gasteiger partial charge in [0.15, 0.2) is 0 Å². The van der Waals surface area contributed by atoms with Crippen LogP contribution in [0, 0.1) is 5.92 Å². The van der Waals surface area contributed by atoms with Crippen LogP contribution in [-0.4, -0.2) is 36.6 Å². The van der Waals surface area contributed by atoms with Crippen molar-refractivity contribution in [2.45, 2.75) is 65.5 Å². The molecule has 0 aliphatic heterocycles. The monoisotopic (exact) mass is 226 g/mol. The molecule has 0 aromatic carbocycles. The molecule has 0 spiro atoms. The molecule has 96 valence electrons. The van der Waals surface area contributed by atoms with Crippen molar-refractivity contribution in [2.24, 2.45) is 5.92 Å². The molecule has 1 N–H and O–H groups in total. The molecule has 1 unspecified atom stereocenters. The first-order valence-corrected chi connectivity index (χ1v) is 7.15. The van der Waals surface area contributed by atoms with Crippen LogP contribution in [-0.2, 0) is 0 Å². The quantitative estimate of drug-likeness (QED) is 0.650. The Labute approximate surface area is 102 Å². The topological polar surface area (TPSA) is 15.3 Å². The minimum atomic E-state index is 0.756. The predicted octanol–water partition coefficient (Wildman–Crippen LogP) is 2.89. The van der Waals surface area contributed by atoms with E-state index in [-0.39, 0.29) is 0 Å². The van der Waals surface area contributed by atoms with Gasteiger partial charge < -0.3 is 5.32 Å². The fraction of sp³-hybridized carbons (Fsp3) is 1.00. The van der Waals surface area contributed by atoms with Crippen LogP contribution in [0.1, 0.15) is 53.4 Å². The summed E-state index contributed by atoms with van der Waals surface area (Å²) in [6.45, 7) is 12.8. The van der Waals surface area contributed by atoms with Crippen LogP contribution in [0.3, 0.4) is 0 Å². The van der Waals surface area contributed by atoms with Gasteiger partial charge in [-0.25, -0.2) is 0 Å². The molecule has 1 aliphatic carbocycles. The van der Waals surface area contributed by atoms with Crippen molar-refractivity contribution in [3.05, 3.63) is 0 Å². The highest BCUT2D eigenvalue weighted by atomic mass is 15.2. The van der Waals surface area contributed by atoms with Crippen molar-refractivity contribution in [1.82, 2.24) is 10.2 Å². The molecular formula is C14H30N2. The maximum atomic E-state index is 3.62. The van der Waals surface area contributed by atoms with E-state index in [0.717, 1.165) is 24.5 Å². The summed E-state index contributed by atoms with van der Waals surface area (Å²) in [5.74, 6) is 0.762. The van der Waals surface area contributed by atoms with Crippen LogP contribution in [0.4, 0.5) is 0 Å². The second-order valence-corrected chi connectivity index (χ2v) is 5.58. The molecule has 1 saturated carbocycles. The minimum Gasteiger partial charge on any atom is -0.315 e. The van der Waals surface area contributed by atoms with Crippen molar-refractivity contribution in [2.75, 3.05) is 19.6 Å². The zero-order valence-corrected chi connectivity index (χ0v) is 11.6. The van der Waals surface area contributed by atoms with Gasteiger partial charge in [0.05, 0.1) is 0 Å². The molecule has 1 fully saturated rings. The Bertz CT molecular complexity index is 176. The van der Waals surface area contributed by atoms with E-state index in [9.17, 15) is 0 Å². The van der Waals surface area contributed by atoms with Gasteiger partial charge in [-0.3, -0.25) is 4.90 Å². The van der Waals surface area contributed by atoms with Gasteiger partial charge >= 0.3 is 0 Å². The maximum Gasteiger partial charge on any atom is 0.0220 e. The van der Waals surface area contributed by atoms with E-state index in [1.165, 1.54) is 38.8 Å². The van der Waals surface area contributed by atoms with E-state index in [1.54, 1.807) is 0 Å². The van der Waals surface area contributed by atoms with Gasteiger partial charge in [0, 0.05) is 18.6 Å². The van der Waals surface area contributed by atoms with E-state index in [4.69, 9.17) is 0 Å². The van der Waals surface area contributed by atoms with Gasteiger partial charge in [-0.05, 0) is 44.7 Å². The molecule has 1 aliphatic rings. The molecule has 0 heterocycles. The van der Waals surface area contributed by atoms with Crippen molar-refractivity contribution >= 4 is 0 Å². The SMILES string of the molecule is CCCN(C1CC1)C(CC)CNCC(C)C. The van der Waals surface area contributed by atoms with Crippen molar-refractivity contribution in [3.63, 3.8) is 0 Å². The van der Waals surface area contributed by atoms with E-state index in [0.29, 0.717) is 0 Å². The van der Waals surface area contributed by atoms with Crippen molar-refractivity contribution in [1.29, 1.82) is 0 Å². The molecule has 0 amide bonds. The number of nitrogens with one attached hydrogen (secondary N) is 1. The molecule has 0 bridgehead atoms. The molecule has 1 atom stereocenters. The predicted molar refractivity (Wildman–Crippen MR) is 71.8 cm³/mol. The Morgan fingerprint density at radius 2 is 1.88 bits per heavy atom. The first-order chi connectivity index (χ1) is 7.69. The van der Waals surface area contributed by atoms with E-state index in [2.05, 4.69) is 37.9 Å². The molecule has 1 rings (SSSR count). The van der Waals surface area contributed by atoms with Crippen molar-refractivity contribution < 1.29 is 0 Å². The summed E-state index contributed by atoms with van der Waals surface area (Å²) in [6, 6.07) is 1.66. The average molecular weight is 226 g/mol. The van der Waals surface area contributed by atoms with Crippen LogP contribution in [0.25, 0.3) is 0 Å². The summed E-state index contributed by atoms with van der Waals surface area (Å²) in [4.78, 5) is 2.74. The highest BCUT2D eigenvalue weighted by Gasteiger charge is 2.32. The Balaban J connectivity index is 2.31. The first-order valence-electron chi connectivity index (χ1n) is 7.15. The third kappa shape index (κ3) is 4.84. The second kappa shape index (κ2) is 7.29. The van der Waals surface area contributed by atoms with E-state index in [1.807, 2.05) is 0 Å². The maximum absolute atomic E-state index is 3.62. The first kappa shape index (κ1) is 14.0. The Morgan fingerprint density at radius 3 is 2.31 bits per heavy atom. The third-order valence-electron chi connectivity index (χ3n) is 3.37. The van der Waals surface area contributed by atoms with Crippen LogP contribution in [0.15, 0.2) is 0 Å². The van der Waals surface area contributed by atoms with Gasteiger partial charge in [-0.2, -0.15) is 0 Å². The second-order valence-electron chi connectivity index (χ2n) is 5.58. The lowest BCUT2D eigenvalue weighted by molar-refractivity contribution is 0.176. The van der Waals surface area contributed by atoms with Crippen LogP contribution in [0.5, 0.6) is 0 Å². The summed E-state index contributed by atoms with van der Waals surface area (Å²) >= 11 is 0. The summed E-state index contributed by atoms with van der Waals surface area (Å²) in [6.07, 6.45) is 5.43. The van der Waals surface area contributed by atoms with Crippen LogP contribution >= 0.6 is 0 Å². The van der Waals surface area contributed by atoms with Gasteiger partial charge in [0.2, 0.25) is 0 Å². The Morgan fingerprint density at radius 1 is 1.19 bits per heavy atom. The van der Waals surface area contributed by atoms with Crippen LogP contribution < -0.4 is 5.32 Å². The molecule has 0 aromatic rings. The lowest BCUT2D eigenvalue weighted by Gasteiger charge is -2.31. The number of hydrogen-bond donors (Lipinski definition) is 1. The van der Waals surface area contributed by atoms with Gasteiger partial charge in [-0.15, -0.1) is 0 Å². The minimum absolute atomic E-state index is 0.756. The standard InChI is InChI=1S/C14H30N2/c1-5-9-16(14-7-8-14)13(6-2)11-15-10-12(3)4/h12-15H,5-11H2,1-4H3. The normalized spacial score (nSPS) is 18.4. The molecule has 16 heavy (non-hydrogen) atoms. The Hall–Kier alpha value is -0.0800. The molecular weight excluding hydrogens is 196 g/mol. The fourth-order valence-corrected chi connectivity index (χ4v) is 2.36. The lowest BCUT2D eigenvalue weighted by atomic mass is 10.1.